The number of nitrogens with zero attached hydrogens (tertiary/aromatic N) is 1. The molecule has 138 valence electrons. The molecule has 1 N–H and O–H groups in total. The van der Waals surface area contributed by atoms with Crippen LogP contribution >= 0.6 is 0 Å². The molecule has 6 heteroatoms. The van der Waals surface area contributed by atoms with Crippen LogP contribution in [-0.4, -0.2) is 38.0 Å². The molecule has 2 aliphatic rings. The van der Waals surface area contributed by atoms with Gasteiger partial charge in [0.1, 0.15) is 0 Å². The number of carbonyl (C=O) groups excluding carboxylic acids is 1. The molecule has 0 unspecified atom stereocenters. The van der Waals surface area contributed by atoms with Crippen molar-refractivity contribution < 1.29 is 13.2 Å². The van der Waals surface area contributed by atoms with Crippen molar-refractivity contribution >= 4 is 15.9 Å². The lowest BCUT2D eigenvalue weighted by Crippen LogP contribution is -2.43. The number of amides is 1. The number of fused-ring (bicyclic) bond motifs is 1. The first-order chi connectivity index (χ1) is 11.8. The van der Waals surface area contributed by atoms with Gasteiger partial charge in [-0.2, -0.15) is 0 Å². The highest BCUT2D eigenvalue weighted by Gasteiger charge is 2.29. The first-order valence-electron chi connectivity index (χ1n) is 9.22. The molecule has 1 aliphatic carbocycles. The fraction of sp³-hybridized carbons (Fsp3) is 0.632. The van der Waals surface area contributed by atoms with E-state index in [0.717, 1.165) is 18.4 Å². The standard InChI is InChI=1S/C19H28N2O3S/c1-14(17-8-7-15-5-3-4-6-18(15)13-17)20-19(22)16-9-11-21(12-10-16)25(2,23)24/h7-8,13-14,16H,3-6,9-12H2,1-2H3,(H,20,22)/t14-/m0/s1. The molecule has 1 heterocycles. The van der Waals surface area contributed by atoms with Gasteiger partial charge >= 0.3 is 0 Å². The molecular formula is C19H28N2O3S. The molecule has 1 amide bonds. The van der Waals surface area contributed by atoms with Crippen molar-refractivity contribution in [2.45, 2.75) is 51.5 Å². The SMILES string of the molecule is C[C@H](NC(=O)C1CCN(S(C)(=O)=O)CC1)c1ccc2c(c1)CCCC2. The predicted molar refractivity (Wildman–Crippen MR) is 98.8 cm³/mol. The fourth-order valence-electron chi connectivity index (χ4n) is 3.89. The second kappa shape index (κ2) is 7.46. The summed E-state index contributed by atoms with van der Waals surface area (Å²) in [5.41, 5.74) is 4.02. The largest absolute Gasteiger partial charge is 0.349 e. The summed E-state index contributed by atoms with van der Waals surface area (Å²) in [6.07, 6.45) is 7.22. The zero-order valence-electron chi connectivity index (χ0n) is 15.1. The molecule has 1 fully saturated rings. The Balaban J connectivity index is 1.58. The highest BCUT2D eigenvalue weighted by atomic mass is 32.2. The lowest BCUT2D eigenvalue weighted by Gasteiger charge is -2.30. The topological polar surface area (TPSA) is 66.5 Å². The lowest BCUT2D eigenvalue weighted by molar-refractivity contribution is -0.126. The van der Waals surface area contributed by atoms with Crippen molar-refractivity contribution in [3.63, 3.8) is 0 Å². The Morgan fingerprint density at radius 1 is 1.16 bits per heavy atom. The van der Waals surface area contributed by atoms with Crippen LogP contribution in [0.3, 0.4) is 0 Å². The van der Waals surface area contributed by atoms with E-state index in [4.69, 9.17) is 0 Å². The minimum atomic E-state index is -3.15. The second-order valence-corrected chi connectivity index (χ2v) is 9.38. The summed E-state index contributed by atoms with van der Waals surface area (Å²) >= 11 is 0. The van der Waals surface area contributed by atoms with Gasteiger partial charge in [-0.3, -0.25) is 4.79 Å². The van der Waals surface area contributed by atoms with Gasteiger partial charge in [0.2, 0.25) is 15.9 Å². The zero-order valence-corrected chi connectivity index (χ0v) is 15.9. The monoisotopic (exact) mass is 364 g/mol. The molecule has 1 aliphatic heterocycles. The summed E-state index contributed by atoms with van der Waals surface area (Å²) in [5.74, 6) is -0.0588. The van der Waals surface area contributed by atoms with Gasteiger partial charge in [-0.05, 0) is 62.1 Å². The quantitative estimate of drug-likeness (QED) is 0.892. The number of hydrogen-bond acceptors (Lipinski definition) is 3. The third-order valence-corrected chi connectivity index (χ3v) is 6.83. The van der Waals surface area contributed by atoms with E-state index in [1.54, 1.807) is 0 Å². The molecule has 1 aromatic carbocycles. The molecule has 0 saturated carbocycles. The average Bonchev–Trinajstić information content (AvgIpc) is 2.60. The number of nitrogens with one attached hydrogen (secondary N) is 1. The van der Waals surface area contributed by atoms with Gasteiger partial charge in [0, 0.05) is 19.0 Å². The molecule has 0 radical (unpaired) electrons. The predicted octanol–water partition coefficient (Wildman–Crippen LogP) is 2.41. The first kappa shape index (κ1) is 18.4. The molecule has 1 saturated heterocycles. The van der Waals surface area contributed by atoms with Crippen LogP contribution in [0.1, 0.15) is 55.3 Å². The molecule has 3 rings (SSSR count). The van der Waals surface area contributed by atoms with Crippen LogP contribution in [0, 0.1) is 5.92 Å². The maximum absolute atomic E-state index is 12.5. The van der Waals surface area contributed by atoms with Crippen molar-refractivity contribution in [3.05, 3.63) is 34.9 Å². The van der Waals surface area contributed by atoms with Gasteiger partial charge in [-0.15, -0.1) is 0 Å². The number of benzene rings is 1. The van der Waals surface area contributed by atoms with Crippen LogP contribution in [0.5, 0.6) is 0 Å². The maximum atomic E-state index is 12.5. The van der Waals surface area contributed by atoms with E-state index < -0.39 is 10.0 Å². The van der Waals surface area contributed by atoms with Crippen LogP contribution in [-0.2, 0) is 27.7 Å². The molecule has 1 atom stereocenters. The van der Waals surface area contributed by atoms with Crippen LogP contribution < -0.4 is 5.32 Å². The van der Waals surface area contributed by atoms with Crippen molar-refractivity contribution in [1.82, 2.24) is 9.62 Å². The molecule has 5 nitrogen and oxygen atoms in total. The number of sulfonamides is 1. The second-order valence-electron chi connectivity index (χ2n) is 7.40. The lowest BCUT2D eigenvalue weighted by atomic mass is 9.89. The van der Waals surface area contributed by atoms with Crippen LogP contribution in [0.15, 0.2) is 18.2 Å². The third kappa shape index (κ3) is 4.42. The Bertz CT molecular complexity index is 737. The van der Waals surface area contributed by atoms with Gasteiger partial charge in [0.05, 0.1) is 12.3 Å². The van der Waals surface area contributed by atoms with Crippen molar-refractivity contribution in [2.75, 3.05) is 19.3 Å². The summed E-state index contributed by atoms with van der Waals surface area (Å²) in [6.45, 7) is 2.89. The Kier molecular flexibility index (Phi) is 5.49. The number of aryl methyl sites for hydroxylation is 2. The van der Waals surface area contributed by atoms with E-state index in [0.29, 0.717) is 25.9 Å². The van der Waals surface area contributed by atoms with Crippen molar-refractivity contribution in [3.8, 4) is 0 Å². The van der Waals surface area contributed by atoms with E-state index in [1.807, 2.05) is 6.92 Å². The normalized spacial score (nSPS) is 20.7. The van der Waals surface area contributed by atoms with Crippen LogP contribution in [0.25, 0.3) is 0 Å². The first-order valence-corrected chi connectivity index (χ1v) is 11.1. The Morgan fingerprint density at radius 2 is 1.80 bits per heavy atom. The molecular weight excluding hydrogens is 336 g/mol. The Morgan fingerprint density at radius 3 is 2.44 bits per heavy atom. The van der Waals surface area contributed by atoms with E-state index in [-0.39, 0.29) is 17.9 Å². The summed E-state index contributed by atoms with van der Waals surface area (Å²) in [5, 5.41) is 3.12. The summed E-state index contributed by atoms with van der Waals surface area (Å²) in [6, 6.07) is 6.55. The van der Waals surface area contributed by atoms with Gasteiger partial charge < -0.3 is 5.32 Å². The molecule has 0 aromatic heterocycles. The van der Waals surface area contributed by atoms with E-state index in [2.05, 4.69) is 23.5 Å². The highest BCUT2D eigenvalue weighted by molar-refractivity contribution is 7.88. The van der Waals surface area contributed by atoms with E-state index in [9.17, 15) is 13.2 Å². The zero-order chi connectivity index (χ0) is 18.0. The number of hydrogen-bond donors (Lipinski definition) is 1. The maximum Gasteiger partial charge on any atom is 0.223 e. The minimum absolute atomic E-state index is 0.0207. The average molecular weight is 365 g/mol. The van der Waals surface area contributed by atoms with E-state index in [1.165, 1.54) is 34.5 Å². The number of rotatable bonds is 4. The molecule has 1 aromatic rings. The third-order valence-electron chi connectivity index (χ3n) is 5.53. The fourth-order valence-corrected chi connectivity index (χ4v) is 4.76. The van der Waals surface area contributed by atoms with E-state index >= 15 is 0 Å². The number of piperidine rings is 1. The van der Waals surface area contributed by atoms with Crippen LogP contribution in [0.4, 0.5) is 0 Å². The van der Waals surface area contributed by atoms with Crippen LogP contribution in [0.2, 0.25) is 0 Å². The molecule has 0 bridgehead atoms. The molecule has 0 spiro atoms. The Hall–Kier alpha value is -1.40. The smallest absolute Gasteiger partial charge is 0.223 e. The molecule has 25 heavy (non-hydrogen) atoms. The number of carbonyl (C=O) groups is 1. The Labute approximate surface area is 150 Å². The summed E-state index contributed by atoms with van der Waals surface area (Å²) in [4.78, 5) is 12.5. The summed E-state index contributed by atoms with van der Waals surface area (Å²) < 4.78 is 24.6. The van der Waals surface area contributed by atoms with Crippen molar-refractivity contribution in [2.24, 2.45) is 5.92 Å². The van der Waals surface area contributed by atoms with Gasteiger partial charge in [-0.1, -0.05) is 18.2 Å². The highest BCUT2D eigenvalue weighted by Crippen LogP contribution is 2.26. The van der Waals surface area contributed by atoms with Gasteiger partial charge in [-0.25, -0.2) is 12.7 Å². The summed E-state index contributed by atoms with van der Waals surface area (Å²) in [7, 11) is -3.15. The van der Waals surface area contributed by atoms with Crippen molar-refractivity contribution in [1.29, 1.82) is 0 Å². The van der Waals surface area contributed by atoms with Gasteiger partial charge in [0.25, 0.3) is 0 Å². The van der Waals surface area contributed by atoms with Gasteiger partial charge in [0.15, 0.2) is 0 Å². The minimum Gasteiger partial charge on any atom is -0.349 e.